The van der Waals surface area contributed by atoms with Crippen molar-refractivity contribution in [1.29, 1.82) is 0 Å². The Morgan fingerprint density at radius 3 is 3.07 bits per heavy atom. The minimum absolute atomic E-state index is 0.184. The number of aromatic hydroxyl groups is 1. The zero-order chi connectivity index (χ0) is 10.8. The molecule has 4 nitrogen and oxygen atoms in total. The number of ether oxygens (including phenoxy) is 1. The third kappa shape index (κ3) is 1.66. The van der Waals surface area contributed by atoms with Gasteiger partial charge in [-0.05, 0) is 11.6 Å². The number of rotatable bonds is 2. The van der Waals surface area contributed by atoms with Crippen LogP contribution in [0.2, 0.25) is 0 Å². The Hall–Kier alpha value is -1.97. The summed E-state index contributed by atoms with van der Waals surface area (Å²) in [5.74, 6) is -0.108. The number of carbonyl (C=O) groups is 1. The van der Waals surface area contributed by atoms with E-state index >= 15 is 0 Å². The molecule has 0 aliphatic carbocycles. The van der Waals surface area contributed by atoms with Gasteiger partial charge < -0.3 is 14.8 Å². The van der Waals surface area contributed by atoms with E-state index in [1.54, 1.807) is 18.3 Å². The Kier molecular flexibility index (Phi) is 2.33. The molecule has 4 heteroatoms. The molecular weight excluding hydrogens is 194 g/mol. The van der Waals surface area contributed by atoms with Gasteiger partial charge in [-0.3, -0.25) is 4.79 Å². The molecule has 0 saturated carbocycles. The molecule has 0 aliphatic heterocycles. The lowest BCUT2D eigenvalue weighted by Gasteiger charge is -1.98. The van der Waals surface area contributed by atoms with Gasteiger partial charge in [-0.1, -0.05) is 12.1 Å². The summed E-state index contributed by atoms with van der Waals surface area (Å²) in [6.07, 6.45) is 1.92. The summed E-state index contributed by atoms with van der Waals surface area (Å²) < 4.78 is 4.59. The number of phenolic OH excluding ortho intramolecular Hbond substituents is 1. The predicted octanol–water partition coefficient (Wildman–Crippen LogP) is 1.59. The first-order valence-corrected chi connectivity index (χ1v) is 4.57. The highest BCUT2D eigenvalue weighted by Crippen LogP contribution is 2.26. The van der Waals surface area contributed by atoms with E-state index in [2.05, 4.69) is 9.72 Å². The summed E-state index contributed by atoms with van der Waals surface area (Å²) >= 11 is 0. The monoisotopic (exact) mass is 205 g/mol. The first kappa shape index (κ1) is 9.58. The normalized spacial score (nSPS) is 10.5. The van der Waals surface area contributed by atoms with Gasteiger partial charge in [-0.25, -0.2) is 0 Å². The fraction of sp³-hybridized carbons (Fsp3) is 0.182. The Balaban J connectivity index is 2.45. The van der Waals surface area contributed by atoms with Crippen LogP contribution in [-0.4, -0.2) is 23.2 Å². The summed E-state index contributed by atoms with van der Waals surface area (Å²) in [6.45, 7) is 0. The SMILES string of the molecule is COC(=O)Cc1c[nH]c2c(O)cccc12. The van der Waals surface area contributed by atoms with Gasteiger partial charge in [0.1, 0.15) is 5.75 Å². The standard InChI is InChI=1S/C11H11NO3/c1-15-10(14)5-7-6-12-11-8(7)3-2-4-9(11)13/h2-4,6,12-13H,5H2,1H3. The predicted molar refractivity (Wildman–Crippen MR) is 55.7 cm³/mol. The molecule has 2 aromatic rings. The summed E-state index contributed by atoms with van der Waals surface area (Å²) in [5, 5.41) is 10.4. The van der Waals surface area contributed by atoms with E-state index in [0.29, 0.717) is 5.52 Å². The topological polar surface area (TPSA) is 62.3 Å². The highest BCUT2D eigenvalue weighted by molar-refractivity contribution is 5.90. The second-order valence-corrected chi connectivity index (χ2v) is 3.27. The van der Waals surface area contributed by atoms with Crippen molar-refractivity contribution in [2.24, 2.45) is 0 Å². The molecule has 0 aliphatic rings. The maximum Gasteiger partial charge on any atom is 0.310 e. The number of benzene rings is 1. The number of methoxy groups -OCH3 is 1. The van der Waals surface area contributed by atoms with Crippen LogP contribution in [0.1, 0.15) is 5.56 Å². The summed E-state index contributed by atoms with van der Waals surface area (Å²) in [4.78, 5) is 14.0. The van der Waals surface area contributed by atoms with Gasteiger partial charge in [0.2, 0.25) is 0 Å². The zero-order valence-corrected chi connectivity index (χ0v) is 8.28. The lowest BCUT2D eigenvalue weighted by molar-refractivity contribution is -0.139. The summed E-state index contributed by atoms with van der Waals surface area (Å²) in [6, 6.07) is 5.19. The fourth-order valence-corrected chi connectivity index (χ4v) is 1.57. The largest absolute Gasteiger partial charge is 0.506 e. The van der Waals surface area contributed by atoms with Gasteiger partial charge in [0.05, 0.1) is 19.0 Å². The number of nitrogens with one attached hydrogen (secondary N) is 1. The van der Waals surface area contributed by atoms with Gasteiger partial charge in [0.15, 0.2) is 0 Å². The average molecular weight is 205 g/mol. The average Bonchev–Trinajstić information content (AvgIpc) is 2.63. The third-order valence-electron chi connectivity index (χ3n) is 2.34. The van der Waals surface area contributed by atoms with Crippen LogP contribution in [0.5, 0.6) is 5.75 Å². The number of carbonyl (C=O) groups excluding carboxylic acids is 1. The van der Waals surface area contributed by atoms with Crippen molar-refractivity contribution in [2.45, 2.75) is 6.42 Å². The Labute approximate surface area is 86.5 Å². The Morgan fingerprint density at radius 2 is 2.33 bits per heavy atom. The number of aromatic nitrogens is 1. The highest BCUT2D eigenvalue weighted by atomic mass is 16.5. The number of para-hydroxylation sites is 1. The van der Waals surface area contributed by atoms with Gasteiger partial charge >= 0.3 is 5.97 Å². The van der Waals surface area contributed by atoms with E-state index in [9.17, 15) is 9.90 Å². The van der Waals surface area contributed by atoms with Crippen molar-refractivity contribution in [3.63, 3.8) is 0 Å². The quantitative estimate of drug-likeness (QED) is 0.732. The van der Waals surface area contributed by atoms with Crippen molar-refractivity contribution < 1.29 is 14.6 Å². The van der Waals surface area contributed by atoms with Crippen LogP contribution in [0.3, 0.4) is 0 Å². The van der Waals surface area contributed by atoms with Crippen LogP contribution in [0.4, 0.5) is 0 Å². The highest BCUT2D eigenvalue weighted by Gasteiger charge is 2.10. The van der Waals surface area contributed by atoms with E-state index < -0.39 is 0 Å². The van der Waals surface area contributed by atoms with Crippen LogP contribution in [0, 0.1) is 0 Å². The number of H-pyrrole nitrogens is 1. The zero-order valence-electron chi connectivity index (χ0n) is 8.28. The van der Waals surface area contributed by atoms with Gasteiger partial charge in [0.25, 0.3) is 0 Å². The van der Waals surface area contributed by atoms with Crippen molar-refractivity contribution in [2.75, 3.05) is 7.11 Å². The van der Waals surface area contributed by atoms with Crippen LogP contribution < -0.4 is 0 Å². The lowest BCUT2D eigenvalue weighted by atomic mass is 10.1. The first-order chi connectivity index (χ1) is 7.22. The van der Waals surface area contributed by atoms with E-state index in [-0.39, 0.29) is 18.1 Å². The number of phenols is 1. The van der Waals surface area contributed by atoms with Crippen molar-refractivity contribution in [3.05, 3.63) is 30.0 Å². The number of hydrogen-bond donors (Lipinski definition) is 2. The molecule has 0 amide bonds. The van der Waals surface area contributed by atoms with Crippen LogP contribution in [0.15, 0.2) is 24.4 Å². The maximum absolute atomic E-state index is 11.1. The second-order valence-electron chi connectivity index (χ2n) is 3.27. The first-order valence-electron chi connectivity index (χ1n) is 4.57. The van der Waals surface area contributed by atoms with Crippen molar-refractivity contribution >= 4 is 16.9 Å². The molecule has 1 aromatic heterocycles. The molecule has 0 bridgehead atoms. The molecule has 1 aromatic carbocycles. The molecule has 0 spiro atoms. The number of fused-ring (bicyclic) bond motifs is 1. The summed E-state index contributed by atoms with van der Waals surface area (Å²) in [5.41, 5.74) is 1.48. The van der Waals surface area contributed by atoms with Crippen LogP contribution >= 0.6 is 0 Å². The second kappa shape index (κ2) is 3.65. The van der Waals surface area contributed by atoms with Crippen molar-refractivity contribution in [1.82, 2.24) is 4.98 Å². The molecule has 78 valence electrons. The fourth-order valence-electron chi connectivity index (χ4n) is 1.57. The van der Waals surface area contributed by atoms with E-state index in [1.165, 1.54) is 7.11 Å². The van der Waals surface area contributed by atoms with E-state index in [0.717, 1.165) is 10.9 Å². The number of aromatic amines is 1. The molecule has 2 N–H and O–H groups in total. The van der Waals surface area contributed by atoms with Gasteiger partial charge in [0, 0.05) is 11.6 Å². The Morgan fingerprint density at radius 1 is 1.53 bits per heavy atom. The molecular formula is C11H11NO3. The number of hydrogen-bond acceptors (Lipinski definition) is 3. The van der Waals surface area contributed by atoms with Crippen molar-refractivity contribution in [3.8, 4) is 5.75 Å². The van der Waals surface area contributed by atoms with E-state index in [4.69, 9.17) is 0 Å². The third-order valence-corrected chi connectivity index (χ3v) is 2.34. The minimum atomic E-state index is -0.292. The molecule has 0 saturated heterocycles. The smallest absolute Gasteiger partial charge is 0.310 e. The van der Waals surface area contributed by atoms with Gasteiger partial charge in [-0.2, -0.15) is 0 Å². The molecule has 0 radical (unpaired) electrons. The minimum Gasteiger partial charge on any atom is -0.506 e. The molecule has 0 fully saturated rings. The molecule has 0 unspecified atom stereocenters. The molecule has 2 rings (SSSR count). The Bertz CT molecular complexity index is 502. The summed E-state index contributed by atoms with van der Waals surface area (Å²) in [7, 11) is 1.36. The molecule has 15 heavy (non-hydrogen) atoms. The van der Waals surface area contributed by atoms with Crippen LogP contribution in [0.25, 0.3) is 10.9 Å². The molecule has 1 heterocycles. The molecule has 0 atom stereocenters. The van der Waals surface area contributed by atoms with E-state index in [1.807, 2.05) is 6.07 Å². The number of esters is 1. The van der Waals surface area contributed by atoms with Crippen LogP contribution in [-0.2, 0) is 16.0 Å². The lowest BCUT2D eigenvalue weighted by Crippen LogP contribution is -2.03. The van der Waals surface area contributed by atoms with Gasteiger partial charge in [-0.15, -0.1) is 0 Å². The maximum atomic E-state index is 11.1.